The van der Waals surface area contributed by atoms with Crippen molar-refractivity contribution in [2.24, 2.45) is 35.0 Å². The molecule has 8 heteroatoms. The number of ketones is 1. The molecule has 4 N–H and O–H groups in total. The van der Waals surface area contributed by atoms with Gasteiger partial charge in [0.1, 0.15) is 24.1 Å². The summed E-state index contributed by atoms with van der Waals surface area (Å²) in [4.78, 5) is 23.9. The molecular weight excluding hydrogens is 416 g/mol. The van der Waals surface area contributed by atoms with Crippen LogP contribution in [0.3, 0.4) is 0 Å². The molecule has 32 heavy (non-hydrogen) atoms. The van der Waals surface area contributed by atoms with E-state index in [-0.39, 0.29) is 11.5 Å². The van der Waals surface area contributed by atoms with E-state index in [9.17, 15) is 30.0 Å². The molecule has 0 aromatic heterocycles. The van der Waals surface area contributed by atoms with E-state index in [4.69, 9.17) is 9.47 Å². The molecule has 0 radical (unpaired) electrons. The fourth-order valence-electron chi connectivity index (χ4n) is 8.06. The highest BCUT2D eigenvalue weighted by atomic mass is 16.7. The first kappa shape index (κ1) is 22.7. The van der Waals surface area contributed by atoms with Gasteiger partial charge in [-0.25, -0.2) is 4.79 Å². The lowest BCUT2D eigenvalue weighted by atomic mass is 9.50. The monoisotopic (exact) mass is 452 g/mol. The summed E-state index contributed by atoms with van der Waals surface area (Å²) in [6, 6.07) is 0. The molecule has 0 aromatic rings. The van der Waals surface area contributed by atoms with Crippen molar-refractivity contribution in [2.75, 3.05) is 0 Å². The van der Waals surface area contributed by atoms with Crippen molar-refractivity contribution in [3.05, 3.63) is 0 Å². The van der Waals surface area contributed by atoms with Gasteiger partial charge in [-0.2, -0.15) is 0 Å². The second kappa shape index (κ2) is 8.31. The number of Topliss-reactive ketones (excluding diaryl/α,β-unsaturated/α-hetero) is 1. The maximum Gasteiger partial charge on any atom is 0.335 e. The van der Waals surface area contributed by atoms with Crippen LogP contribution in [0.15, 0.2) is 0 Å². The smallest absolute Gasteiger partial charge is 0.335 e. The summed E-state index contributed by atoms with van der Waals surface area (Å²) in [5, 5.41) is 39.4. The van der Waals surface area contributed by atoms with Gasteiger partial charge in [0, 0.05) is 11.8 Å². The van der Waals surface area contributed by atoms with Gasteiger partial charge in [-0.15, -0.1) is 0 Å². The number of hydrogen-bond acceptors (Lipinski definition) is 7. The second-order valence-corrected chi connectivity index (χ2v) is 11.2. The third-order valence-corrected chi connectivity index (χ3v) is 9.75. The van der Waals surface area contributed by atoms with Crippen molar-refractivity contribution in [1.29, 1.82) is 0 Å². The SMILES string of the molecule is C[C@]12CC[C@H]3[C@@H](CC[C@@H]4CC(OC5O[C@H](C(=O)O)[C@@H](O)[C@H](O)[C@H]5O)CC[C@@H]43)[C@@H]1CCC2=O. The lowest BCUT2D eigenvalue weighted by molar-refractivity contribution is -0.308. The molecule has 5 rings (SSSR count). The van der Waals surface area contributed by atoms with Gasteiger partial charge in [0.25, 0.3) is 0 Å². The summed E-state index contributed by atoms with van der Waals surface area (Å²) in [5.74, 6) is 2.08. The Morgan fingerprint density at radius 2 is 1.72 bits per heavy atom. The van der Waals surface area contributed by atoms with Crippen LogP contribution in [-0.4, -0.2) is 69.0 Å². The largest absolute Gasteiger partial charge is 0.479 e. The van der Waals surface area contributed by atoms with Crippen LogP contribution in [-0.2, 0) is 19.1 Å². The molecule has 2 unspecified atom stereocenters. The van der Waals surface area contributed by atoms with Gasteiger partial charge in [-0.3, -0.25) is 4.79 Å². The normalized spacial score (nSPS) is 53.2. The first-order valence-corrected chi connectivity index (χ1v) is 12.3. The minimum absolute atomic E-state index is 0.102. The van der Waals surface area contributed by atoms with E-state index in [1.54, 1.807) is 0 Å². The molecule has 1 aliphatic heterocycles. The van der Waals surface area contributed by atoms with Gasteiger partial charge in [0.15, 0.2) is 12.4 Å². The number of fused-ring (bicyclic) bond motifs is 5. The molecule has 0 bridgehead atoms. The number of carboxylic acids is 1. The molecule has 12 atom stereocenters. The molecule has 180 valence electrons. The Morgan fingerprint density at radius 3 is 2.47 bits per heavy atom. The first-order valence-electron chi connectivity index (χ1n) is 12.3. The van der Waals surface area contributed by atoms with E-state index in [0.29, 0.717) is 35.4 Å². The third kappa shape index (κ3) is 3.54. The summed E-state index contributed by atoms with van der Waals surface area (Å²) in [7, 11) is 0. The number of carboxylic acid groups (broad SMARTS) is 1. The van der Waals surface area contributed by atoms with E-state index in [1.165, 1.54) is 0 Å². The minimum atomic E-state index is -1.70. The number of aliphatic carboxylic acids is 1. The van der Waals surface area contributed by atoms with E-state index in [2.05, 4.69) is 6.92 Å². The zero-order valence-electron chi connectivity index (χ0n) is 18.6. The Hall–Kier alpha value is -1.06. The molecule has 0 spiro atoms. The van der Waals surface area contributed by atoms with Gasteiger partial charge in [0.2, 0.25) is 0 Å². The number of rotatable bonds is 3. The summed E-state index contributed by atoms with van der Waals surface area (Å²) < 4.78 is 11.3. The molecule has 4 aliphatic carbocycles. The van der Waals surface area contributed by atoms with Crippen molar-refractivity contribution in [1.82, 2.24) is 0 Å². The average molecular weight is 453 g/mol. The Morgan fingerprint density at radius 1 is 0.969 bits per heavy atom. The summed E-state index contributed by atoms with van der Waals surface area (Å²) in [5.41, 5.74) is -0.102. The van der Waals surface area contributed by atoms with Crippen molar-refractivity contribution >= 4 is 11.8 Å². The van der Waals surface area contributed by atoms with Crippen LogP contribution < -0.4 is 0 Å². The quantitative estimate of drug-likeness (QED) is 0.473. The van der Waals surface area contributed by atoms with Gasteiger partial charge in [0.05, 0.1) is 6.10 Å². The third-order valence-electron chi connectivity index (χ3n) is 9.75. The van der Waals surface area contributed by atoms with Gasteiger partial charge in [-0.05, 0) is 81.0 Å². The Labute approximate surface area is 188 Å². The van der Waals surface area contributed by atoms with Crippen molar-refractivity contribution in [3.63, 3.8) is 0 Å². The number of carbonyl (C=O) groups is 2. The molecule has 1 saturated heterocycles. The molecular formula is C24H36O8. The fourth-order valence-corrected chi connectivity index (χ4v) is 8.06. The highest BCUT2D eigenvalue weighted by Crippen LogP contribution is 2.61. The van der Waals surface area contributed by atoms with Crippen molar-refractivity contribution < 1.29 is 39.5 Å². The van der Waals surface area contributed by atoms with Crippen LogP contribution in [0.4, 0.5) is 0 Å². The van der Waals surface area contributed by atoms with E-state index in [1.807, 2.05) is 0 Å². The summed E-state index contributed by atoms with van der Waals surface area (Å²) in [6.07, 6.45) is 0.950. The maximum atomic E-state index is 12.5. The van der Waals surface area contributed by atoms with Gasteiger partial charge >= 0.3 is 5.97 Å². The van der Waals surface area contributed by atoms with Crippen molar-refractivity contribution in [3.8, 4) is 0 Å². The number of hydrogen-bond donors (Lipinski definition) is 4. The highest BCUT2D eigenvalue weighted by molar-refractivity contribution is 5.87. The Kier molecular flexibility index (Phi) is 5.90. The number of aliphatic hydroxyl groups excluding tert-OH is 3. The Bertz CT molecular complexity index is 756. The number of aliphatic hydroxyl groups is 3. The van der Waals surface area contributed by atoms with E-state index < -0.39 is 36.7 Å². The van der Waals surface area contributed by atoms with Crippen LogP contribution in [0.25, 0.3) is 0 Å². The minimum Gasteiger partial charge on any atom is -0.479 e. The number of ether oxygens (including phenoxy) is 2. The molecule has 5 aliphatic rings. The van der Waals surface area contributed by atoms with Crippen LogP contribution >= 0.6 is 0 Å². The second-order valence-electron chi connectivity index (χ2n) is 11.2. The van der Waals surface area contributed by atoms with Crippen LogP contribution in [0.2, 0.25) is 0 Å². The first-order chi connectivity index (χ1) is 15.2. The van der Waals surface area contributed by atoms with Gasteiger partial charge in [-0.1, -0.05) is 6.92 Å². The molecule has 5 fully saturated rings. The average Bonchev–Trinajstić information content (AvgIpc) is 3.08. The summed E-state index contributed by atoms with van der Waals surface area (Å²) >= 11 is 0. The molecule has 4 saturated carbocycles. The van der Waals surface area contributed by atoms with Crippen molar-refractivity contribution in [2.45, 2.75) is 102 Å². The summed E-state index contributed by atoms with van der Waals surface area (Å²) in [6.45, 7) is 2.20. The predicted octanol–water partition coefficient (Wildman–Crippen LogP) is 1.49. The molecule has 0 amide bonds. The molecule has 8 nitrogen and oxygen atoms in total. The maximum absolute atomic E-state index is 12.5. The Balaban J connectivity index is 1.22. The predicted molar refractivity (Wildman–Crippen MR) is 111 cm³/mol. The van der Waals surface area contributed by atoms with Gasteiger partial charge < -0.3 is 29.9 Å². The molecule has 0 aromatic carbocycles. The van der Waals surface area contributed by atoms with E-state index >= 15 is 0 Å². The van der Waals surface area contributed by atoms with Crippen LogP contribution in [0.5, 0.6) is 0 Å². The van der Waals surface area contributed by atoms with E-state index in [0.717, 1.165) is 57.8 Å². The standard InChI is InChI=1S/C24H36O8/c1-24-9-8-14-13-5-3-12(10-11(13)2-4-15(14)16(24)6-7-17(24)25)31-23-20(28)18(26)19(27)21(32-23)22(29)30/h11-16,18-21,23,26-28H,2-10H2,1H3,(H,29,30)/t11-,12?,13+,14-,15-,16+,18+,19+,20-,21+,23?,24+/m1/s1. The lowest BCUT2D eigenvalue weighted by Crippen LogP contribution is -2.61. The lowest BCUT2D eigenvalue weighted by Gasteiger charge is -2.55. The zero-order chi connectivity index (χ0) is 22.8. The molecule has 1 heterocycles. The topological polar surface area (TPSA) is 134 Å². The van der Waals surface area contributed by atoms with Crippen LogP contribution in [0, 0.1) is 35.0 Å². The zero-order valence-corrected chi connectivity index (χ0v) is 18.6. The highest BCUT2D eigenvalue weighted by Gasteiger charge is 2.57. The fraction of sp³-hybridized carbons (Fsp3) is 0.917. The number of carbonyl (C=O) groups excluding carboxylic acids is 1. The van der Waals surface area contributed by atoms with Crippen LogP contribution in [0.1, 0.15) is 64.7 Å².